The highest BCUT2D eigenvalue weighted by Gasteiger charge is 2.33. The van der Waals surface area contributed by atoms with E-state index < -0.39 is 0 Å². The fourth-order valence-electron chi connectivity index (χ4n) is 3.56. The topological polar surface area (TPSA) is 63.9 Å². The van der Waals surface area contributed by atoms with Crippen LogP contribution in [0.15, 0.2) is 73.3 Å². The number of hydrogen-bond donors (Lipinski definition) is 0. The van der Waals surface area contributed by atoms with Gasteiger partial charge >= 0.3 is 0 Å². The molecule has 0 N–H and O–H groups in total. The highest BCUT2D eigenvalue weighted by Crippen LogP contribution is 2.30. The van der Waals surface area contributed by atoms with Crippen LogP contribution in [0.3, 0.4) is 0 Å². The van der Waals surface area contributed by atoms with E-state index in [0.717, 1.165) is 35.0 Å². The Morgan fingerprint density at radius 2 is 1.83 bits per heavy atom. The molecule has 1 saturated carbocycles. The van der Waals surface area contributed by atoms with E-state index in [-0.39, 0.29) is 5.91 Å². The molecule has 3 aromatic heterocycles. The van der Waals surface area contributed by atoms with Crippen LogP contribution in [-0.2, 0) is 13.1 Å². The molecule has 1 fully saturated rings. The molecule has 0 bridgehead atoms. The van der Waals surface area contributed by atoms with E-state index in [1.54, 1.807) is 24.8 Å². The highest BCUT2D eigenvalue weighted by atomic mass is 16.2. The third kappa shape index (κ3) is 3.74. The van der Waals surface area contributed by atoms with Gasteiger partial charge in [-0.15, -0.1) is 0 Å². The van der Waals surface area contributed by atoms with Crippen molar-refractivity contribution in [3.63, 3.8) is 0 Å². The van der Waals surface area contributed by atoms with Crippen molar-refractivity contribution in [1.82, 2.24) is 24.6 Å². The summed E-state index contributed by atoms with van der Waals surface area (Å²) < 4.78 is 1.87. The number of nitrogens with zero attached hydrogens (tertiary/aromatic N) is 5. The van der Waals surface area contributed by atoms with Gasteiger partial charge in [-0.1, -0.05) is 30.3 Å². The average Bonchev–Trinajstić information content (AvgIpc) is 3.54. The first-order valence-corrected chi connectivity index (χ1v) is 9.83. The molecular formula is C23H21N5O. The molecule has 144 valence electrons. The molecule has 1 aliphatic rings. The first kappa shape index (κ1) is 17.6. The normalized spacial score (nSPS) is 13.5. The van der Waals surface area contributed by atoms with Gasteiger partial charge < -0.3 is 4.90 Å². The number of amides is 1. The summed E-state index contributed by atoms with van der Waals surface area (Å²) in [5, 5.41) is 5.35. The van der Waals surface area contributed by atoms with E-state index in [9.17, 15) is 4.79 Å². The Labute approximate surface area is 168 Å². The fourth-order valence-corrected chi connectivity index (χ4v) is 3.56. The summed E-state index contributed by atoms with van der Waals surface area (Å²) in [4.78, 5) is 23.8. The van der Waals surface area contributed by atoms with Crippen LogP contribution < -0.4 is 0 Å². The smallest absolute Gasteiger partial charge is 0.255 e. The quantitative estimate of drug-likeness (QED) is 0.509. The van der Waals surface area contributed by atoms with Gasteiger partial charge in [0.2, 0.25) is 0 Å². The molecule has 6 heteroatoms. The second-order valence-electron chi connectivity index (χ2n) is 7.44. The number of carbonyl (C=O) groups excluding carboxylic acids is 1. The maximum absolute atomic E-state index is 13.2. The summed E-state index contributed by atoms with van der Waals surface area (Å²) in [7, 11) is 0. The minimum Gasteiger partial charge on any atom is -0.331 e. The average molecular weight is 383 g/mol. The Hall–Kier alpha value is -3.54. The third-order valence-electron chi connectivity index (χ3n) is 5.25. The summed E-state index contributed by atoms with van der Waals surface area (Å²) >= 11 is 0. The van der Waals surface area contributed by atoms with Crippen LogP contribution in [-0.4, -0.2) is 36.6 Å². The van der Waals surface area contributed by atoms with Gasteiger partial charge in [0, 0.05) is 36.6 Å². The minimum atomic E-state index is 0.0227. The number of rotatable bonds is 6. The van der Waals surface area contributed by atoms with Crippen molar-refractivity contribution in [2.75, 3.05) is 0 Å². The molecule has 0 unspecified atom stereocenters. The number of carbonyl (C=O) groups is 1. The van der Waals surface area contributed by atoms with Gasteiger partial charge in [0.25, 0.3) is 5.91 Å². The third-order valence-corrected chi connectivity index (χ3v) is 5.25. The number of aromatic nitrogens is 4. The predicted molar refractivity (Wildman–Crippen MR) is 110 cm³/mol. The standard InChI is InChI=1S/C23H21N5O/c29-23(27(21-6-7-21)15-18-8-10-24-11-9-18)20-12-19-14-26-28(22(19)25-13-20)16-17-4-2-1-3-5-17/h1-5,8-14,21H,6-7,15-16H2. The molecule has 1 aromatic carbocycles. The van der Waals surface area contributed by atoms with Crippen LogP contribution in [0.25, 0.3) is 11.0 Å². The van der Waals surface area contributed by atoms with Gasteiger partial charge in [-0.2, -0.15) is 5.10 Å². The molecule has 6 nitrogen and oxygen atoms in total. The van der Waals surface area contributed by atoms with Crippen molar-refractivity contribution >= 4 is 16.9 Å². The molecule has 0 radical (unpaired) electrons. The van der Waals surface area contributed by atoms with E-state index >= 15 is 0 Å². The lowest BCUT2D eigenvalue weighted by molar-refractivity contribution is 0.0729. The van der Waals surface area contributed by atoms with Gasteiger partial charge in [-0.05, 0) is 42.2 Å². The highest BCUT2D eigenvalue weighted by molar-refractivity contribution is 5.97. The maximum atomic E-state index is 13.2. The molecule has 1 amide bonds. The van der Waals surface area contributed by atoms with E-state index in [2.05, 4.69) is 27.2 Å². The minimum absolute atomic E-state index is 0.0227. The molecule has 0 spiro atoms. The van der Waals surface area contributed by atoms with E-state index in [1.807, 2.05) is 46.0 Å². The zero-order valence-electron chi connectivity index (χ0n) is 16.0. The van der Waals surface area contributed by atoms with Gasteiger partial charge in [-0.3, -0.25) is 9.78 Å². The van der Waals surface area contributed by atoms with Crippen molar-refractivity contribution < 1.29 is 4.79 Å². The van der Waals surface area contributed by atoms with E-state index in [4.69, 9.17) is 0 Å². The van der Waals surface area contributed by atoms with Crippen LogP contribution in [0.2, 0.25) is 0 Å². The number of benzene rings is 1. The lowest BCUT2D eigenvalue weighted by atomic mass is 10.2. The first-order chi connectivity index (χ1) is 14.3. The van der Waals surface area contributed by atoms with Gasteiger partial charge in [0.05, 0.1) is 18.3 Å². The Kier molecular flexibility index (Phi) is 4.52. The van der Waals surface area contributed by atoms with Crippen LogP contribution in [0.4, 0.5) is 0 Å². The summed E-state index contributed by atoms with van der Waals surface area (Å²) in [5.74, 6) is 0.0227. The van der Waals surface area contributed by atoms with Gasteiger partial charge in [0.15, 0.2) is 5.65 Å². The van der Waals surface area contributed by atoms with Crippen molar-refractivity contribution in [2.24, 2.45) is 0 Å². The molecule has 0 saturated heterocycles. The lowest BCUT2D eigenvalue weighted by Crippen LogP contribution is -2.32. The second-order valence-corrected chi connectivity index (χ2v) is 7.44. The molecular weight excluding hydrogens is 362 g/mol. The summed E-state index contributed by atoms with van der Waals surface area (Å²) in [6.45, 7) is 1.25. The Morgan fingerprint density at radius 1 is 1.03 bits per heavy atom. The maximum Gasteiger partial charge on any atom is 0.255 e. The Balaban J connectivity index is 1.40. The van der Waals surface area contributed by atoms with Crippen molar-refractivity contribution in [2.45, 2.75) is 32.0 Å². The van der Waals surface area contributed by atoms with Gasteiger partial charge in [0.1, 0.15) is 0 Å². The summed E-state index contributed by atoms with van der Waals surface area (Å²) in [6.07, 6.45) is 9.10. The van der Waals surface area contributed by atoms with Crippen LogP contribution in [0.1, 0.15) is 34.3 Å². The van der Waals surface area contributed by atoms with Gasteiger partial charge in [-0.25, -0.2) is 9.67 Å². The fraction of sp³-hybridized carbons (Fsp3) is 0.217. The molecule has 0 atom stereocenters. The van der Waals surface area contributed by atoms with Crippen LogP contribution in [0, 0.1) is 0 Å². The molecule has 4 aromatic rings. The Morgan fingerprint density at radius 3 is 2.59 bits per heavy atom. The number of hydrogen-bond acceptors (Lipinski definition) is 4. The molecule has 29 heavy (non-hydrogen) atoms. The molecule has 5 rings (SSSR count). The van der Waals surface area contributed by atoms with Crippen molar-refractivity contribution in [3.8, 4) is 0 Å². The molecule has 1 aliphatic carbocycles. The summed E-state index contributed by atoms with van der Waals surface area (Å²) in [6, 6.07) is 16.3. The second kappa shape index (κ2) is 7.47. The Bertz CT molecular complexity index is 1140. The predicted octanol–water partition coefficient (Wildman–Crippen LogP) is 3.68. The van der Waals surface area contributed by atoms with Crippen LogP contribution >= 0.6 is 0 Å². The largest absolute Gasteiger partial charge is 0.331 e. The molecule has 3 heterocycles. The zero-order chi connectivity index (χ0) is 19.6. The van der Waals surface area contributed by atoms with Crippen LogP contribution in [0.5, 0.6) is 0 Å². The van der Waals surface area contributed by atoms with E-state index in [1.165, 1.54) is 0 Å². The van der Waals surface area contributed by atoms with Crippen molar-refractivity contribution in [3.05, 3.63) is 90.0 Å². The number of pyridine rings is 2. The lowest BCUT2D eigenvalue weighted by Gasteiger charge is -2.22. The summed E-state index contributed by atoms with van der Waals surface area (Å²) in [5.41, 5.74) is 3.65. The molecule has 0 aliphatic heterocycles. The zero-order valence-corrected chi connectivity index (χ0v) is 16.0. The first-order valence-electron chi connectivity index (χ1n) is 9.83. The monoisotopic (exact) mass is 383 g/mol. The van der Waals surface area contributed by atoms with Crippen molar-refractivity contribution in [1.29, 1.82) is 0 Å². The number of fused-ring (bicyclic) bond motifs is 1. The van der Waals surface area contributed by atoms with E-state index in [0.29, 0.717) is 24.7 Å². The SMILES string of the molecule is O=C(c1cnc2c(cnn2Cc2ccccc2)c1)N(Cc1ccncc1)C1CC1.